The molecular formula is C21H27N5O. The molecule has 1 saturated heterocycles. The largest absolute Gasteiger partial charge is 0.484 e. The van der Waals surface area contributed by atoms with Gasteiger partial charge in [-0.3, -0.25) is 15.4 Å². The van der Waals surface area contributed by atoms with Crippen LogP contribution in [0.3, 0.4) is 0 Å². The van der Waals surface area contributed by atoms with Crippen LogP contribution in [-0.2, 0) is 0 Å². The molecule has 2 atom stereocenters. The first-order valence-corrected chi connectivity index (χ1v) is 9.76. The number of piperidine rings is 1. The Kier molecular flexibility index (Phi) is 4.99. The number of benzene rings is 1. The van der Waals surface area contributed by atoms with Gasteiger partial charge in [0.2, 0.25) is 5.96 Å². The molecule has 1 aliphatic heterocycles. The summed E-state index contributed by atoms with van der Waals surface area (Å²) in [5, 5.41) is 16.7. The van der Waals surface area contributed by atoms with Crippen LogP contribution in [0, 0.1) is 10.8 Å². The number of ether oxygens (including phenoxy) is 1. The summed E-state index contributed by atoms with van der Waals surface area (Å²) >= 11 is 0. The molecule has 0 bridgehead atoms. The number of likely N-dealkylation sites (tertiary alicyclic amines) is 1. The second-order valence-electron chi connectivity index (χ2n) is 7.41. The van der Waals surface area contributed by atoms with Gasteiger partial charge in [0.15, 0.2) is 0 Å². The Hall–Kier alpha value is -2.60. The monoisotopic (exact) mass is 365 g/mol. The van der Waals surface area contributed by atoms with E-state index in [0.29, 0.717) is 17.2 Å². The van der Waals surface area contributed by atoms with Crippen LogP contribution in [0.4, 0.5) is 0 Å². The number of nitrogens with zero attached hydrogens (tertiary/aromatic N) is 2. The van der Waals surface area contributed by atoms with Crippen molar-refractivity contribution < 1.29 is 4.74 Å². The van der Waals surface area contributed by atoms with Gasteiger partial charge in [0, 0.05) is 19.1 Å². The SMILES string of the molecule is N=C(N1CCCCC1)n1cc(OC2CCC(N)c3ccccc32)ccc1=N. The zero-order chi connectivity index (χ0) is 18.8. The maximum Gasteiger partial charge on any atom is 0.203 e. The van der Waals surface area contributed by atoms with Gasteiger partial charge in [-0.15, -0.1) is 0 Å². The first kappa shape index (κ1) is 17.8. The zero-order valence-corrected chi connectivity index (χ0v) is 15.5. The lowest BCUT2D eigenvalue weighted by atomic mass is 9.86. The summed E-state index contributed by atoms with van der Waals surface area (Å²) in [5.41, 5.74) is 8.84. The van der Waals surface area contributed by atoms with Gasteiger partial charge < -0.3 is 15.4 Å². The molecule has 1 fully saturated rings. The minimum atomic E-state index is -0.0461. The maximum absolute atomic E-state index is 8.52. The van der Waals surface area contributed by atoms with E-state index in [1.807, 2.05) is 23.1 Å². The highest BCUT2D eigenvalue weighted by Gasteiger charge is 2.26. The molecule has 0 amide bonds. The third-order valence-electron chi connectivity index (χ3n) is 5.57. The molecular weight excluding hydrogens is 338 g/mol. The summed E-state index contributed by atoms with van der Waals surface area (Å²) in [4.78, 5) is 2.04. The van der Waals surface area contributed by atoms with Crippen molar-refractivity contribution in [1.29, 1.82) is 10.8 Å². The molecule has 4 N–H and O–H groups in total. The summed E-state index contributed by atoms with van der Waals surface area (Å²) in [5.74, 6) is 1.04. The second-order valence-corrected chi connectivity index (χ2v) is 7.41. The van der Waals surface area contributed by atoms with Crippen LogP contribution >= 0.6 is 0 Å². The molecule has 2 heterocycles. The average Bonchev–Trinajstić information content (AvgIpc) is 2.72. The molecule has 4 rings (SSSR count). The van der Waals surface area contributed by atoms with Gasteiger partial charge >= 0.3 is 0 Å². The van der Waals surface area contributed by atoms with Crippen molar-refractivity contribution in [2.45, 2.75) is 44.2 Å². The fourth-order valence-corrected chi connectivity index (χ4v) is 4.05. The lowest BCUT2D eigenvalue weighted by Crippen LogP contribution is -2.42. The third-order valence-corrected chi connectivity index (χ3v) is 5.57. The summed E-state index contributed by atoms with van der Waals surface area (Å²) in [7, 11) is 0. The fraction of sp³-hybridized carbons (Fsp3) is 0.429. The molecule has 1 aliphatic carbocycles. The predicted molar refractivity (Wildman–Crippen MR) is 105 cm³/mol. The van der Waals surface area contributed by atoms with E-state index in [2.05, 4.69) is 12.1 Å². The van der Waals surface area contributed by atoms with E-state index in [1.54, 1.807) is 16.8 Å². The first-order valence-electron chi connectivity index (χ1n) is 9.76. The van der Waals surface area contributed by atoms with Gasteiger partial charge in [0.1, 0.15) is 17.3 Å². The van der Waals surface area contributed by atoms with Crippen molar-refractivity contribution in [3.8, 4) is 5.75 Å². The van der Waals surface area contributed by atoms with Crippen LogP contribution in [-0.4, -0.2) is 28.5 Å². The van der Waals surface area contributed by atoms with E-state index in [-0.39, 0.29) is 12.1 Å². The van der Waals surface area contributed by atoms with E-state index in [9.17, 15) is 0 Å². The van der Waals surface area contributed by atoms with E-state index in [4.69, 9.17) is 21.3 Å². The van der Waals surface area contributed by atoms with Gasteiger partial charge in [-0.25, -0.2) is 0 Å². The van der Waals surface area contributed by atoms with Crippen molar-refractivity contribution in [2.75, 3.05) is 13.1 Å². The predicted octanol–water partition coefficient (Wildman–Crippen LogP) is 3.15. The molecule has 142 valence electrons. The molecule has 6 heteroatoms. The van der Waals surface area contributed by atoms with E-state index in [1.165, 1.54) is 6.42 Å². The van der Waals surface area contributed by atoms with Gasteiger partial charge in [-0.05, 0) is 55.4 Å². The van der Waals surface area contributed by atoms with E-state index in [0.717, 1.165) is 49.9 Å². The molecule has 0 radical (unpaired) electrons. The Bertz CT molecular complexity index is 884. The molecule has 27 heavy (non-hydrogen) atoms. The normalized spacial score (nSPS) is 22.2. The summed E-state index contributed by atoms with van der Waals surface area (Å²) in [6.45, 7) is 1.76. The summed E-state index contributed by atoms with van der Waals surface area (Å²) < 4.78 is 7.90. The third kappa shape index (κ3) is 3.62. The highest BCUT2D eigenvalue weighted by atomic mass is 16.5. The number of pyridine rings is 1. The molecule has 2 aromatic rings. The van der Waals surface area contributed by atoms with Crippen LogP contribution in [0.15, 0.2) is 42.6 Å². The minimum absolute atomic E-state index is 0.0461. The van der Waals surface area contributed by atoms with E-state index < -0.39 is 0 Å². The maximum atomic E-state index is 8.52. The molecule has 6 nitrogen and oxygen atoms in total. The summed E-state index contributed by atoms with van der Waals surface area (Å²) in [6.07, 6.45) is 6.91. The second kappa shape index (κ2) is 7.56. The number of fused-ring (bicyclic) bond motifs is 1. The molecule has 2 aliphatic rings. The number of nitrogens with one attached hydrogen (secondary N) is 2. The number of rotatable bonds is 2. The van der Waals surface area contributed by atoms with Crippen molar-refractivity contribution in [2.24, 2.45) is 5.73 Å². The van der Waals surface area contributed by atoms with Gasteiger partial charge in [0.05, 0.1) is 6.20 Å². The van der Waals surface area contributed by atoms with Crippen LogP contribution in [0.2, 0.25) is 0 Å². The average molecular weight is 365 g/mol. The van der Waals surface area contributed by atoms with Gasteiger partial charge in [-0.2, -0.15) is 0 Å². The zero-order valence-electron chi connectivity index (χ0n) is 15.5. The van der Waals surface area contributed by atoms with Crippen LogP contribution in [0.5, 0.6) is 5.75 Å². The number of hydrogen-bond acceptors (Lipinski definition) is 4. The van der Waals surface area contributed by atoms with Crippen molar-refractivity contribution in [3.63, 3.8) is 0 Å². The Balaban J connectivity index is 1.58. The molecule has 0 spiro atoms. The van der Waals surface area contributed by atoms with E-state index >= 15 is 0 Å². The van der Waals surface area contributed by atoms with Gasteiger partial charge in [0.25, 0.3) is 0 Å². The highest BCUT2D eigenvalue weighted by molar-refractivity contribution is 5.79. The minimum Gasteiger partial charge on any atom is -0.484 e. The van der Waals surface area contributed by atoms with Crippen LogP contribution in [0.1, 0.15) is 55.4 Å². The van der Waals surface area contributed by atoms with Gasteiger partial charge in [-0.1, -0.05) is 24.3 Å². The Morgan fingerprint density at radius 1 is 1.00 bits per heavy atom. The quantitative estimate of drug-likeness (QED) is 0.564. The fourth-order valence-electron chi connectivity index (χ4n) is 4.05. The Morgan fingerprint density at radius 3 is 2.52 bits per heavy atom. The molecule has 2 unspecified atom stereocenters. The molecule has 1 aromatic carbocycles. The summed E-state index contributed by atoms with van der Waals surface area (Å²) in [6, 6.07) is 11.8. The van der Waals surface area contributed by atoms with Crippen molar-refractivity contribution >= 4 is 5.96 Å². The topological polar surface area (TPSA) is 91.1 Å². The first-order chi connectivity index (χ1) is 13.1. The number of hydrogen-bond donors (Lipinski definition) is 3. The lowest BCUT2D eigenvalue weighted by Gasteiger charge is -2.31. The van der Waals surface area contributed by atoms with Crippen LogP contribution < -0.4 is 16.0 Å². The van der Waals surface area contributed by atoms with Crippen molar-refractivity contribution in [3.05, 3.63) is 59.2 Å². The lowest BCUT2D eigenvalue weighted by molar-refractivity contribution is 0.176. The smallest absolute Gasteiger partial charge is 0.203 e. The number of aromatic nitrogens is 1. The standard InChI is InChI=1S/C21H27N5O/c22-18-9-10-19(17-7-3-2-6-16(17)18)27-15-8-11-20(23)26(14-15)21(24)25-12-4-1-5-13-25/h2-3,6-8,11,14,18-19,23-24H,1,4-5,9-10,12-13,22H2. The van der Waals surface area contributed by atoms with Crippen LogP contribution in [0.25, 0.3) is 0 Å². The Labute approximate surface area is 159 Å². The molecule has 1 aromatic heterocycles. The Morgan fingerprint density at radius 2 is 1.74 bits per heavy atom. The molecule has 0 saturated carbocycles. The number of nitrogens with two attached hydrogens (primary N) is 1. The van der Waals surface area contributed by atoms with Crippen molar-refractivity contribution in [1.82, 2.24) is 9.47 Å². The highest BCUT2D eigenvalue weighted by Crippen LogP contribution is 2.37.